The lowest BCUT2D eigenvalue weighted by atomic mass is 10.1. The summed E-state index contributed by atoms with van der Waals surface area (Å²) in [6, 6.07) is 5.60. The Morgan fingerprint density at radius 3 is 2.37 bits per heavy atom. The molecular weight excluding hydrogens is 381 g/mol. The molecule has 0 spiro atoms. The van der Waals surface area contributed by atoms with Crippen LogP contribution in [-0.4, -0.2) is 60.7 Å². The Hall–Kier alpha value is -1.01. The van der Waals surface area contributed by atoms with Gasteiger partial charge in [0.2, 0.25) is 0 Å². The van der Waals surface area contributed by atoms with Crippen LogP contribution in [-0.2, 0) is 0 Å². The third-order valence-electron chi connectivity index (χ3n) is 5.34. The molecule has 0 amide bonds. The molecule has 2 N–H and O–H groups in total. The molecule has 5 nitrogen and oxygen atoms in total. The summed E-state index contributed by atoms with van der Waals surface area (Å²) in [5, 5.41) is 8.40. The van der Waals surface area contributed by atoms with Gasteiger partial charge in [0, 0.05) is 23.1 Å². The highest BCUT2D eigenvalue weighted by molar-refractivity contribution is 6.35. The van der Waals surface area contributed by atoms with Crippen molar-refractivity contribution in [1.29, 1.82) is 0 Å². The normalized spacial score (nSPS) is 19.1. The van der Waals surface area contributed by atoms with E-state index < -0.39 is 0 Å². The van der Waals surface area contributed by atoms with E-state index >= 15 is 0 Å². The lowest BCUT2D eigenvalue weighted by Crippen LogP contribution is -2.65. The maximum Gasteiger partial charge on any atom is 0.193 e. The molecule has 27 heavy (non-hydrogen) atoms. The molecule has 2 atom stereocenters. The van der Waals surface area contributed by atoms with Crippen LogP contribution in [0.3, 0.4) is 0 Å². The number of halogens is 2. The van der Waals surface area contributed by atoms with Gasteiger partial charge >= 0.3 is 0 Å². The number of guanidine groups is 1. The predicted octanol–water partition coefficient (Wildman–Crippen LogP) is 3.98. The van der Waals surface area contributed by atoms with Crippen LogP contribution in [0, 0.1) is 0 Å². The van der Waals surface area contributed by atoms with Gasteiger partial charge in [-0.05, 0) is 50.8 Å². The van der Waals surface area contributed by atoms with Crippen molar-refractivity contribution < 1.29 is 0 Å². The Morgan fingerprint density at radius 2 is 1.81 bits per heavy atom. The van der Waals surface area contributed by atoms with Crippen molar-refractivity contribution in [1.82, 2.24) is 20.4 Å². The Labute approximate surface area is 174 Å². The zero-order valence-electron chi connectivity index (χ0n) is 17.1. The van der Waals surface area contributed by atoms with Crippen molar-refractivity contribution >= 4 is 29.2 Å². The number of nitrogens with one attached hydrogen (secondary N) is 2. The van der Waals surface area contributed by atoms with Gasteiger partial charge in [0.25, 0.3) is 0 Å². The van der Waals surface area contributed by atoms with Gasteiger partial charge in [-0.3, -0.25) is 4.90 Å². The van der Waals surface area contributed by atoms with Crippen LogP contribution in [0.4, 0.5) is 0 Å². The van der Waals surface area contributed by atoms with E-state index in [0.717, 1.165) is 50.8 Å². The van der Waals surface area contributed by atoms with E-state index in [0.29, 0.717) is 10.0 Å². The summed E-state index contributed by atoms with van der Waals surface area (Å²) in [6.45, 7) is 16.7. The first-order valence-corrected chi connectivity index (χ1v) is 10.6. The van der Waals surface area contributed by atoms with Crippen LogP contribution >= 0.6 is 23.2 Å². The van der Waals surface area contributed by atoms with Gasteiger partial charge in [-0.1, -0.05) is 57.0 Å². The first kappa shape index (κ1) is 22.3. The summed E-state index contributed by atoms with van der Waals surface area (Å²) in [7, 11) is 0. The molecule has 0 saturated carbocycles. The molecule has 0 aliphatic carbocycles. The zero-order valence-corrected chi connectivity index (χ0v) is 18.7. The number of nitrogens with zero attached hydrogens (tertiary/aromatic N) is 3. The number of benzene rings is 1. The van der Waals surface area contributed by atoms with Crippen molar-refractivity contribution in [3.63, 3.8) is 0 Å². The van der Waals surface area contributed by atoms with E-state index in [2.05, 4.69) is 55.1 Å². The molecule has 1 aromatic carbocycles. The number of hydrogen-bond acceptors (Lipinski definition) is 5. The Kier molecular flexibility index (Phi) is 8.22. The maximum absolute atomic E-state index is 6.38. The molecular formula is C20H33Cl2N5. The van der Waals surface area contributed by atoms with E-state index in [1.54, 1.807) is 6.07 Å². The first-order chi connectivity index (χ1) is 12.9. The average molecular weight is 414 g/mol. The molecule has 152 valence electrons. The minimum atomic E-state index is -0.208. The SMILES string of the molecule is CCN(CC)CC(C)(NC1=NC(c2ccc(Cl)cc2Cl)CN1)N(CC)CC. The monoisotopic (exact) mass is 413 g/mol. The van der Waals surface area contributed by atoms with Gasteiger partial charge < -0.3 is 15.5 Å². The van der Waals surface area contributed by atoms with Crippen LogP contribution in [0.1, 0.15) is 46.2 Å². The van der Waals surface area contributed by atoms with E-state index in [1.807, 2.05) is 12.1 Å². The minimum absolute atomic E-state index is 0.00771. The largest absolute Gasteiger partial charge is 0.354 e. The Morgan fingerprint density at radius 1 is 1.15 bits per heavy atom. The second kappa shape index (κ2) is 9.97. The van der Waals surface area contributed by atoms with Gasteiger partial charge in [-0.2, -0.15) is 0 Å². The van der Waals surface area contributed by atoms with Gasteiger partial charge in [-0.25, -0.2) is 4.99 Å². The molecule has 7 heteroatoms. The maximum atomic E-state index is 6.38. The summed E-state index contributed by atoms with van der Waals surface area (Å²) in [4.78, 5) is 9.75. The van der Waals surface area contributed by atoms with Crippen LogP contribution in [0.15, 0.2) is 23.2 Å². The fourth-order valence-corrected chi connectivity index (χ4v) is 4.28. The highest BCUT2D eigenvalue weighted by Crippen LogP contribution is 2.30. The molecule has 0 radical (unpaired) electrons. The second-order valence-electron chi connectivity index (χ2n) is 7.07. The number of likely N-dealkylation sites (N-methyl/N-ethyl adjacent to an activating group) is 2. The van der Waals surface area contributed by atoms with Crippen molar-refractivity contribution in [2.45, 2.75) is 46.3 Å². The van der Waals surface area contributed by atoms with Crippen LogP contribution in [0.5, 0.6) is 0 Å². The van der Waals surface area contributed by atoms with E-state index in [1.165, 1.54) is 0 Å². The van der Waals surface area contributed by atoms with E-state index in [-0.39, 0.29) is 11.7 Å². The summed E-state index contributed by atoms with van der Waals surface area (Å²) in [6.07, 6.45) is 0. The Bertz CT molecular complexity index is 643. The third-order valence-corrected chi connectivity index (χ3v) is 5.91. The molecule has 0 aromatic heterocycles. The van der Waals surface area contributed by atoms with Crippen molar-refractivity contribution in [3.05, 3.63) is 33.8 Å². The van der Waals surface area contributed by atoms with Crippen LogP contribution in [0.2, 0.25) is 10.0 Å². The zero-order chi connectivity index (χ0) is 20.0. The molecule has 1 aliphatic heterocycles. The van der Waals surface area contributed by atoms with Gasteiger partial charge in [-0.15, -0.1) is 0 Å². The van der Waals surface area contributed by atoms with E-state index in [4.69, 9.17) is 28.2 Å². The topological polar surface area (TPSA) is 42.9 Å². The average Bonchev–Trinajstić information content (AvgIpc) is 3.08. The molecule has 1 heterocycles. The molecule has 0 bridgehead atoms. The standard InChI is InChI=1S/C20H33Cl2N5/c1-6-26(7-2)14-20(5,27(8-3)9-4)25-19-23-13-18(24-19)16-11-10-15(21)12-17(16)22/h10-12,18H,6-9,13-14H2,1-5H3,(H2,23,24,25). The fraction of sp³-hybridized carbons (Fsp3) is 0.650. The number of aliphatic imine (C=N–C) groups is 1. The van der Waals surface area contributed by atoms with E-state index in [9.17, 15) is 0 Å². The van der Waals surface area contributed by atoms with Crippen molar-refractivity contribution in [2.24, 2.45) is 4.99 Å². The molecule has 2 unspecified atom stereocenters. The predicted molar refractivity (Wildman–Crippen MR) is 117 cm³/mol. The van der Waals surface area contributed by atoms with Crippen LogP contribution in [0.25, 0.3) is 0 Å². The lowest BCUT2D eigenvalue weighted by Gasteiger charge is -2.44. The number of hydrogen-bond donors (Lipinski definition) is 2. The lowest BCUT2D eigenvalue weighted by molar-refractivity contribution is 0.0591. The van der Waals surface area contributed by atoms with Gasteiger partial charge in [0.15, 0.2) is 5.96 Å². The Balaban J connectivity index is 2.21. The summed E-state index contributed by atoms with van der Waals surface area (Å²) < 4.78 is 0. The highest BCUT2D eigenvalue weighted by atomic mass is 35.5. The second-order valence-corrected chi connectivity index (χ2v) is 7.92. The summed E-state index contributed by atoms with van der Waals surface area (Å²) in [5.41, 5.74) is 0.790. The summed E-state index contributed by atoms with van der Waals surface area (Å²) >= 11 is 12.4. The van der Waals surface area contributed by atoms with Gasteiger partial charge in [0.05, 0.1) is 6.04 Å². The van der Waals surface area contributed by atoms with Crippen LogP contribution < -0.4 is 10.6 Å². The van der Waals surface area contributed by atoms with Crippen molar-refractivity contribution in [3.8, 4) is 0 Å². The molecule has 1 aromatic rings. The first-order valence-electron chi connectivity index (χ1n) is 9.89. The quantitative estimate of drug-likeness (QED) is 0.600. The van der Waals surface area contributed by atoms with Crippen molar-refractivity contribution in [2.75, 3.05) is 39.3 Å². The smallest absolute Gasteiger partial charge is 0.193 e. The molecule has 1 aliphatic rings. The third kappa shape index (κ3) is 5.50. The number of rotatable bonds is 9. The highest BCUT2D eigenvalue weighted by Gasteiger charge is 2.34. The summed E-state index contributed by atoms with van der Waals surface area (Å²) in [5.74, 6) is 0.826. The minimum Gasteiger partial charge on any atom is -0.354 e. The molecule has 0 saturated heterocycles. The fourth-order valence-electron chi connectivity index (χ4n) is 3.75. The molecule has 0 fully saturated rings. The van der Waals surface area contributed by atoms with Gasteiger partial charge in [0.1, 0.15) is 5.66 Å². The molecule has 2 rings (SSSR count).